The summed E-state index contributed by atoms with van der Waals surface area (Å²) in [6.07, 6.45) is 0. The largest absolute Gasteiger partial charge is 0.495 e. The zero-order valence-electron chi connectivity index (χ0n) is 18.8. The van der Waals surface area contributed by atoms with Crippen molar-refractivity contribution in [2.75, 3.05) is 18.2 Å². The maximum Gasteiger partial charge on any atom is 0.251 e. The summed E-state index contributed by atoms with van der Waals surface area (Å²) in [4.78, 5) is 25.0. The van der Waals surface area contributed by atoms with Crippen molar-refractivity contribution in [3.05, 3.63) is 65.0 Å². The Bertz CT molecular complexity index is 1130. The molecule has 1 heterocycles. The Kier molecular flexibility index (Phi) is 7.53. The molecule has 3 rings (SSSR count). The zero-order chi connectivity index (χ0) is 23.3. The Morgan fingerprint density at radius 2 is 1.88 bits per heavy atom. The number of methoxy groups -OCH3 is 1. The highest BCUT2D eigenvalue weighted by Crippen LogP contribution is 2.26. The Balaban J connectivity index is 1.60. The number of nitrogens with one attached hydrogen (secondary N) is 2. The van der Waals surface area contributed by atoms with Crippen LogP contribution in [0.4, 0.5) is 5.69 Å². The molecule has 1 aromatic heterocycles. The van der Waals surface area contributed by atoms with Crippen LogP contribution in [-0.2, 0) is 11.8 Å². The van der Waals surface area contributed by atoms with E-state index in [1.54, 1.807) is 17.7 Å². The summed E-state index contributed by atoms with van der Waals surface area (Å²) in [5.41, 5.74) is 3.26. The number of anilines is 1. The lowest BCUT2D eigenvalue weighted by atomic mass is 10.1. The van der Waals surface area contributed by atoms with Crippen LogP contribution in [0.15, 0.2) is 47.6 Å². The SMILES string of the molecule is COc1ccc(C)cc1NC(=O)CSc1nnc([C@@H](C)NC(=O)c2cccc(C)c2)n1C. The molecule has 2 aromatic carbocycles. The number of hydrogen-bond donors (Lipinski definition) is 2. The molecule has 0 radical (unpaired) electrons. The van der Waals surface area contributed by atoms with E-state index in [-0.39, 0.29) is 23.6 Å². The molecular formula is C23H27N5O3S. The van der Waals surface area contributed by atoms with Gasteiger partial charge in [-0.05, 0) is 50.6 Å². The van der Waals surface area contributed by atoms with Gasteiger partial charge in [-0.3, -0.25) is 9.59 Å². The second-order valence-corrected chi connectivity index (χ2v) is 8.45. The first-order chi connectivity index (χ1) is 15.3. The Hall–Kier alpha value is -3.33. The van der Waals surface area contributed by atoms with Gasteiger partial charge in [0.15, 0.2) is 11.0 Å². The van der Waals surface area contributed by atoms with Crippen molar-refractivity contribution < 1.29 is 14.3 Å². The van der Waals surface area contributed by atoms with E-state index in [1.165, 1.54) is 11.8 Å². The highest BCUT2D eigenvalue weighted by atomic mass is 32.2. The molecule has 0 bridgehead atoms. The van der Waals surface area contributed by atoms with Crippen LogP contribution in [0, 0.1) is 13.8 Å². The summed E-state index contributed by atoms with van der Waals surface area (Å²) in [6, 6.07) is 12.7. The lowest BCUT2D eigenvalue weighted by Gasteiger charge is -2.14. The average Bonchev–Trinajstić information content (AvgIpc) is 3.13. The minimum absolute atomic E-state index is 0.160. The molecule has 2 amide bonds. The van der Waals surface area contributed by atoms with E-state index in [0.717, 1.165) is 11.1 Å². The van der Waals surface area contributed by atoms with Crippen molar-refractivity contribution in [1.82, 2.24) is 20.1 Å². The van der Waals surface area contributed by atoms with Gasteiger partial charge < -0.3 is 19.9 Å². The first kappa shape index (κ1) is 23.3. The molecule has 168 valence electrons. The summed E-state index contributed by atoms with van der Waals surface area (Å²) in [5, 5.41) is 14.8. The monoisotopic (exact) mass is 453 g/mol. The molecule has 0 saturated carbocycles. The lowest BCUT2D eigenvalue weighted by Crippen LogP contribution is -2.28. The van der Waals surface area contributed by atoms with Crippen molar-refractivity contribution in [2.45, 2.75) is 32.0 Å². The van der Waals surface area contributed by atoms with E-state index in [0.29, 0.717) is 28.0 Å². The van der Waals surface area contributed by atoms with Gasteiger partial charge in [-0.25, -0.2) is 0 Å². The molecule has 9 heteroatoms. The van der Waals surface area contributed by atoms with Gasteiger partial charge in [0.25, 0.3) is 5.91 Å². The number of thioether (sulfide) groups is 1. The first-order valence-corrected chi connectivity index (χ1v) is 11.1. The molecule has 0 unspecified atom stereocenters. The highest BCUT2D eigenvalue weighted by molar-refractivity contribution is 7.99. The summed E-state index contributed by atoms with van der Waals surface area (Å²) >= 11 is 1.27. The molecule has 3 aromatic rings. The van der Waals surface area contributed by atoms with Gasteiger partial charge in [-0.15, -0.1) is 10.2 Å². The number of amides is 2. The normalized spacial score (nSPS) is 11.7. The second kappa shape index (κ2) is 10.3. The molecule has 2 N–H and O–H groups in total. The Labute approximate surface area is 191 Å². The average molecular weight is 454 g/mol. The molecular weight excluding hydrogens is 426 g/mol. The smallest absolute Gasteiger partial charge is 0.251 e. The van der Waals surface area contributed by atoms with Crippen molar-refractivity contribution in [2.24, 2.45) is 7.05 Å². The fourth-order valence-electron chi connectivity index (χ4n) is 3.20. The third-order valence-corrected chi connectivity index (χ3v) is 5.87. The van der Waals surface area contributed by atoms with E-state index in [1.807, 2.05) is 64.2 Å². The van der Waals surface area contributed by atoms with E-state index in [2.05, 4.69) is 20.8 Å². The van der Waals surface area contributed by atoms with E-state index in [4.69, 9.17) is 4.74 Å². The van der Waals surface area contributed by atoms with E-state index < -0.39 is 0 Å². The van der Waals surface area contributed by atoms with Crippen LogP contribution in [0.25, 0.3) is 0 Å². The van der Waals surface area contributed by atoms with Gasteiger partial charge in [0.05, 0.1) is 24.6 Å². The highest BCUT2D eigenvalue weighted by Gasteiger charge is 2.19. The van der Waals surface area contributed by atoms with E-state index >= 15 is 0 Å². The van der Waals surface area contributed by atoms with Crippen LogP contribution in [0.3, 0.4) is 0 Å². The molecule has 0 aliphatic heterocycles. The van der Waals surface area contributed by atoms with Crippen LogP contribution < -0.4 is 15.4 Å². The zero-order valence-corrected chi connectivity index (χ0v) is 19.6. The summed E-state index contributed by atoms with van der Waals surface area (Å²) in [6.45, 7) is 5.74. The maximum absolute atomic E-state index is 12.5. The van der Waals surface area contributed by atoms with Crippen LogP contribution in [-0.4, -0.2) is 39.4 Å². The van der Waals surface area contributed by atoms with Crippen LogP contribution in [0.5, 0.6) is 5.75 Å². The van der Waals surface area contributed by atoms with Crippen LogP contribution in [0.1, 0.15) is 40.3 Å². The van der Waals surface area contributed by atoms with Crippen LogP contribution in [0.2, 0.25) is 0 Å². The lowest BCUT2D eigenvalue weighted by molar-refractivity contribution is -0.113. The molecule has 0 aliphatic rings. The third kappa shape index (κ3) is 5.67. The number of ether oxygens (including phenoxy) is 1. The van der Waals surface area contributed by atoms with Crippen molar-refractivity contribution >= 4 is 29.3 Å². The summed E-state index contributed by atoms with van der Waals surface area (Å²) in [5.74, 6) is 1.02. The number of aryl methyl sites for hydroxylation is 2. The topological polar surface area (TPSA) is 98.1 Å². The molecule has 1 atom stereocenters. The maximum atomic E-state index is 12.5. The van der Waals surface area contributed by atoms with Crippen molar-refractivity contribution in [3.63, 3.8) is 0 Å². The second-order valence-electron chi connectivity index (χ2n) is 7.51. The fraction of sp³-hybridized carbons (Fsp3) is 0.304. The Morgan fingerprint density at radius 1 is 1.12 bits per heavy atom. The van der Waals surface area contributed by atoms with Crippen LogP contribution >= 0.6 is 11.8 Å². The molecule has 8 nitrogen and oxygen atoms in total. The van der Waals surface area contributed by atoms with Gasteiger partial charge in [-0.2, -0.15) is 0 Å². The first-order valence-electron chi connectivity index (χ1n) is 10.1. The molecule has 0 saturated heterocycles. The number of benzene rings is 2. The van der Waals surface area contributed by atoms with Gasteiger partial charge in [0.2, 0.25) is 5.91 Å². The van der Waals surface area contributed by atoms with Gasteiger partial charge >= 0.3 is 0 Å². The minimum Gasteiger partial charge on any atom is -0.495 e. The number of carbonyl (C=O) groups excluding carboxylic acids is 2. The number of rotatable bonds is 8. The van der Waals surface area contributed by atoms with E-state index in [9.17, 15) is 9.59 Å². The summed E-state index contributed by atoms with van der Waals surface area (Å²) in [7, 11) is 3.38. The number of aromatic nitrogens is 3. The molecule has 0 aliphatic carbocycles. The third-order valence-electron chi connectivity index (χ3n) is 4.85. The van der Waals surface area contributed by atoms with Gasteiger partial charge in [0, 0.05) is 12.6 Å². The number of carbonyl (C=O) groups is 2. The van der Waals surface area contributed by atoms with Crippen molar-refractivity contribution in [1.29, 1.82) is 0 Å². The molecule has 0 spiro atoms. The van der Waals surface area contributed by atoms with Crippen molar-refractivity contribution in [3.8, 4) is 5.75 Å². The Morgan fingerprint density at radius 3 is 2.59 bits per heavy atom. The minimum atomic E-state index is -0.347. The fourth-order valence-corrected chi connectivity index (χ4v) is 3.91. The number of hydrogen-bond acceptors (Lipinski definition) is 6. The molecule has 0 fully saturated rings. The molecule has 32 heavy (non-hydrogen) atoms. The predicted molar refractivity (Wildman–Crippen MR) is 125 cm³/mol. The quantitative estimate of drug-likeness (QED) is 0.505. The predicted octanol–water partition coefficient (Wildman–Crippen LogP) is 3.66. The standard InChI is InChI=1S/C23H27N5O3S/c1-14-7-6-8-17(11-14)22(30)24-16(3)21-26-27-23(28(21)4)32-13-20(29)25-18-12-15(2)9-10-19(18)31-5/h6-12,16H,13H2,1-5H3,(H,24,30)(H,25,29)/t16-/m1/s1. The summed E-state index contributed by atoms with van der Waals surface area (Å²) < 4.78 is 7.08. The van der Waals surface area contributed by atoms with Gasteiger partial charge in [0.1, 0.15) is 5.75 Å². The number of nitrogens with zero attached hydrogens (tertiary/aromatic N) is 3. The van der Waals surface area contributed by atoms with Gasteiger partial charge in [-0.1, -0.05) is 35.5 Å².